The van der Waals surface area contributed by atoms with Crippen LogP contribution in [0.1, 0.15) is 32.4 Å². The standard InChI is InChI=1S/C20H26N4O5S/c1-20(2,3)29-19(25)24-9-10-28-13-17(24)14-5-7-15(8-6-14)23-18-21-11-16(12-22-18)30(4,26)27/h5-8,11-12,17H,9-10,13H2,1-4H3,(H,21,22,23)/t17-/m1/s1. The molecule has 0 radical (unpaired) electrons. The van der Waals surface area contributed by atoms with Gasteiger partial charge in [0, 0.05) is 18.5 Å². The van der Waals surface area contributed by atoms with Crippen LogP contribution in [-0.4, -0.2) is 61.0 Å². The molecule has 10 heteroatoms. The summed E-state index contributed by atoms with van der Waals surface area (Å²) < 4.78 is 34.1. The molecule has 1 aliphatic rings. The number of aromatic nitrogens is 2. The van der Waals surface area contributed by atoms with E-state index in [1.54, 1.807) is 4.90 Å². The first-order valence-corrected chi connectivity index (χ1v) is 11.4. The lowest BCUT2D eigenvalue weighted by Crippen LogP contribution is -2.45. The van der Waals surface area contributed by atoms with E-state index in [0.29, 0.717) is 19.8 Å². The SMILES string of the molecule is CC(C)(C)OC(=O)N1CCOC[C@@H]1c1ccc(Nc2ncc(S(C)(=O)=O)cn2)cc1. The van der Waals surface area contributed by atoms with Gasteiger partial charge in [-0.25, -0.2) is 23.2 Å². The fourth-order valence-corrected chi connectivity index (χ4v) is 3.40. The third kappa shape index (κ3) is 5.67. The van der Waals surface area contributed by atoms with Crippen molar-refractivity contribution in [1.82, 2.24) is 14.9 Å². The number of carbonyl (C=O) groups is 1. The molecule has 1 saturated heterocycles. The molecule has 162 valence electrons. The molecule has 9 nitrogen and oxygen atoms in total. The normalized spacial score (nSPS) is 17.5. The van der Waals surface area contributed by atoms with Gasteiger partial charge in [-0.05, 0) is 38.5 Å². The number of rotatable bonds is 4. The van der Waals surface area contributed by atoms with Crippen LogP contribution in [0.4, 0.5) is 16.4 Å². The summed E-state index contributed by atoms with van der Waals surface area (Å²) in [7, 11) is -3.34. The minimum atomic E-state index is -3.34. The Hall–Kier alpha value is -2.72. The molecule has 0 aliphatic carbocycles. The van der Waals surface area contributed by atoms with Crippen LogP contribution in [0.5, 0.6) is 0 Å². The van der Waals surface area contributed by atoms with E-state index in [4.69, 9.17) is 9.47 Å². The molecule has 1 atom stereocenters. The average molecular weight is 435 g/mol. The Bertz CT molecular complexity index is 985. The Kier molecular flexibility index (Phi) is 6.27. The van der Waals surface area contributed by atoms with Crippen molar-refractivity contribution in [3.05, 3.63) is 42.2 Å². The van der Waals surface area contributed by atoms with Crippen LogP contribution >= 0.6 is 0 Å². The van der Waals surface area contributed by atoms with E-state index in [1.807, 2.05) is 45.0 Å². The van der Waals surface area contributed by atoms with Crippen molar-refractivity contribution in [2.45, 2.75) is 37.3 Å². The molecule has 1 aromatic carbocycles. The third-order valence-electron chi connectivity index (χ3n) is 4.36. The smallest absolute Gasteiger partial charge is 0.410 e. The first-order valence-electron chi connectivity index (χ1n) is 9.49. The molecule has 1 amide bonds. The number of morpholine rings is 1. The van der Waals surface area contributed by atoms with Crippen LogP contribution in [0, 0.1) is 0 Å². The number of nitrogens with one attached hydrogen (secondary N) is 1. The number of hydrogen-bond donors (Lipinski definition) is 1. The second kappa shape index (κ2) is 8.57. The fraction of sp³-hybridized carbons (Fsp3) is 0.450. The van der Waals surface area contributed by atoms with Crippen LogP contribution in [0.3, 0.4) is 0 Å². The van der Waals surface area contributed by atoms with Gasteiger partial charge in [-0.3, -0.25) is 4.90 Å². The lowest BCUT2D eigenvalue weighted by atomic mass is 10.0. The summed E-state index contributed by atoms with van der Waals surface area (Å²) in [5.41, 5.74) is 1.08. The highest BCUT2D eigenvalue weighted by molar-refractivity contribution is 7.90. The lowest BCUT2D eigenvalue weighted by molar-refractivity contribution is -0.0331. The highest BCUT2D eigenvalue weighted by Gasteiger charge is 2.32. The monoisotopic (exact) mass is 434 g/mol. The maximum absolute atomic E-state index is 12.6. The van der Waals surface area contributed by atoms with E-state index in [-0.39, 0.29) is 23.0 Å². The summed E-state index contributed by atoms with van der Waals surface area (Å²) in [5, 5.41) is 3.02. The number of ether oxygens (including phenoxy) is 2. The quantitative estimate of drug-likeness (QED) is 0.782. The molecular weight excluding hydrogens is 408 g/mol. The van der Waals surface area contributed by atoms with Gasteiger partial charge in [0.25, 0.3) is 0 Å². The predicted octanol–water partition coefficient (Wildman–Crippen LogP) is 2.93. The van der Waals surface area contributed by atoms with Gasteiger partial charge in [0.15, 0.2) is 9.84 Å². The van der Waals surface area contributed by atoms with Crippen molar-refractivity contribution in [1.29, 1.82) is 0 Å². The molecule has 2 heterocycles. The average Bonchev–Trinajstić information content (AvgIpc) is 2.67. The second-order valence-corrected chi connectivity index (χ2v) is 10.0. The fourth-order valence-electron chi connectivity index (χ4n) is 2.91. The van der Waals surface area contributed by atoms with Crippen LogP contribution < -0.4 is 5.32 Å². The number of carbonyl (C=O) groups excluding carboxylic acids is 1. The number of hydrogen-bond acceptors (Lipinski definition) is 8. The summed E-state index contributed by atoms with van der Waals surface area (Å²) >= 11 is 0. The number of amides is 1. The molecule has 0 unspecified atom stereocenters. The van der Waals surface area contributed by atoms with E-state index in [0.717, 1.165) is 17.5 Å². The number of nitrogens with zero attached hydrogens (tertiary/aromatic N) is 3. The van der Waals surface area contributed by atoms with E-state index >= 15 is 0 Å². The lowest BCUT2D eigenvalue weighted by Gasteiger charge is -2.36. The van der Waals surface area contributed by atoms with Gasteiger partial charge in [0.05, 0.1) is 31.6 Å². The van der Waals surface area contributed by atoms with Gasteiger partial charge in [0.2, 0.25) is 5.95 Å². The molecule has 0 saturated carbocycles. The van der Waals surface area contributed by atoms with Crippen molar-refractivity contribution < 1.29 is 22.7 Å². The minimum absolute atomic E-state index is 0.0583. The van der Waals surface area contributed by atoms with Crippen molar-refractivity contribution in [2.75, 3.05) is 31.3 Å². The molecule has 1 aromatic heterocycles. The molecule has 3 rings (SSSR count). The Labute approximate surface area is 176 Å². The van der Waals surface area contributed by atoms with Crippen molar-refractivity contribution in [2.24, 2.45) is 0 Å². The van der Waals surface area contributed by atoms with Crippen molar-refractivity contribution >= 4 is 27.6 Å². The Morgan fingerprint density at radius 2 is 1.83 bits per heavy atom. The Morgan fingerprint density at radius 1 is 1.20 bits per heavy atom. The van der Waals surface area contributed by atoms with Crippen molar-refractivity contribution in [3.63, 3.8) is 0 Å². The summed E-state index contributed by atoms with van der Waals surface area (Å²) in [4.78, 5) is 22.4. The van der Waals surface area contributed by atoms with Gasteiger partial charge in [-0.15, -0.1) is 0 Å². The molecule has 1 aliphatic heterocycles. The zero-order valence-electron chi connectivity index (χ0n) is 17.5. The molecule has 2 aromatic rings. The molecule has 1 fully saturated rings. The molecular formula is C20H26N4O5S. The van der Waals surface area contributed by atoms with Gasteiger partial charge in [0.1, 0.15) is 10.5 Å². The largest absolute Gasteiger partial charge is 0.444 e. The maximum Gasteiger partial charge on any atom is 0.410 e. The molecule has 0 bridgehead atoms. The van der Waals surface area contributed by atoms with E-state index in [2.05, 4.69) is 15.3 Å². The van der Waals surface area contributed by atoms with Crippen LogP contribution in [-0.2, 0) is 19.3 Å². The number of benzene rings is 1. The van der Waals surface area contributed by atoms with E-state index < -0.39 is 15.4 Å². The predicted molar refractivity (Wildman–Crippen MR) is 111 cm³/mol. The van der Waals surface area contributed by atoms with Crippen LogP contribution in [0.25, 0.3) is 0 Å². The third-order valence-corrected chi connectivity index (χ3v) is 5.43. The highest BCUT2D eigenvalue weighted by Crippen LogP contribution is 2.27. The van der Waals surface area contributed by atoms with Crippen LogP contribution in [0.15, 0.2) is 41.6 Å². The first kappa shape index (κ1) is 22.0. The first-order chi connectivity index (χ1) is 14.0. The van der Waals surface area contributed by atoms with Gasteiger partial charge >= 0.3 is 6.09 Å². The summed E-state index contributed by atoms with van der Waals surface area (Å²) in [6.45, 7) is 6.83. The Morgan fingerprint density at radius 3 is 2.40 bits per heavy atom. The maximum atomic E-state index is 12.6. The van der Waals surface area contributed by atoms with Gasteiger partial charge in [-0.1, -0.05) is 12.1 Å². The number of anilines is 2. The van der Waals surface area contributed by atoms with Crippen LogP contribution in [0.2, 0.25) is 0 Å². The summed E-state index contributed by atoms with van der Waals surface area (Å²) in [5.74, 6) is 0.284. The summed E-state index contributed by atoms with van der Waals surface area (Å²) in [6.07, 6.45) is 3.26. The molecule has 30 heavy (non-hydrogen) atoms. The highest BCUT2D eigenvalue weighted by atomic mass is 32.2. The number of sulfone groups is 1. The molecule has 0 spiro atoms. The van der Waals surface area contributed by atoms with Gasteiger partial charge < -0.3 is 14.8 Å². The zero-order chi connectivity index (χ0) is 21.9. The molecule has 1 N–H and O–H groups in total. The van der Waals surface area contributed by atoms with Gasteiger partial charge in [-0.2, -0.15) is 0 Å². The van der Waals surface area contributed by atoms with E-state index in [1.165, 1.54) is 12.4 Å². The zero-order valence-corrected chi connectivity index (χ0v) is 18.3. The van der Waals surface area contributed by atoms with Crippen molar-refractivity contribution in [3.8, 4) is 0 Å². The Balaban J connectivity index is 1.71. The minimum Gasteiger partial charge on any atom is -0.444 e. The topological polar surface area (TPSA) is 111 Å². The van der Waals surface area contributed by atoms with E-state index in [9.17, 15) is 13.2 Å². The second-order valence-electron chi connectivity index (χ2n) is 8.03. The summed E-state index contributed by atoms with van der Waals surface area (Å²) in [6, 6.07) is 7.22.